The van der Waals surface area contributed by atoms with Crippen molar-refractivity contribution in [1.82, 2.24) is 9.97 Å². The molecule has 1 aromatic heterocycles. The fraction of sp³-hybridized carbons (Fsp3) is 0.231. The summed E-state index contributed by atoms with van der Waals surface area (Å²) in [5.74, 6) is 8.07. The average Bonchev–Trinajstić information content (AvgIpc) is 2.49. The Hall–Kier alpha value is -1.38. The minimum absolute atomic E-state index is 0.560. The lowest BCUT2D eigenvalue weighted by molar-refractivity contribution is 0.412. The lowest BCUT2D eigenvalue weighted by Crippen LogP contribution is -2.11. The molecule has 0 amide bonds. The number of methoxy groups -OCH3 is 1. The van der Waals surface area contributed by atoms with Crippen LogP contribution in [0, 0.1) is 0 Å². The Bertz CT molecular complexity index is 628. The zero-order valence-electron chi connectivity index (χ0n) is 11.6. The largest absolute Gasteiger partial charge is 0.495 e. The second-order valence-corrected chi connectivity index (χ2v) is 5.85. The lowest BCUT2D eigenvalue weighted by atomic mass is 10.3. The Morgan fingerprint density at radius 2 is 1.86 bits per heavy atom. The van der Waals surface area contributed by atoms with Gasteiger partial charge in [-0.15, -0.1) is 0 Å². The van der Waals surface area contributed by atoms with Gasteiger partial charge in [-0.3, -0.25) is 0 Å². The Morgan fingerprint density at radius 3 is 2.48 bits per heavy atom. The number of halogens is 2. The predicted octanol–water partition coefficient (Wildman–Crippen LogP) is 3.60. The van der Waals surface area contributed by atoms with E-state index in [2.05, 4.69) is 52.6 Å². The third-order valence-corrected chi connectivity index (χ3v) is 4.02. The number of nitrogen functional groups attached to an aromatic ring is 1. The van der Waals surface area contributed by atoms with Crippen LogP contribution in [0.15, 0.2) is 27.1 Å². The summed E-state index contributed by atoms with van der Waals surface area (Å²) < 4.78 is 7.04. The van der Waals surface area contributed by atoms with Gasteiger partial charge in [0.1, 0.15) is 23.2 Å². The molecule has 0 aliphatic heterocycles. The van der Waals surface area contributed by atoms with Gasteiger partial charge in [-0.2, -0.15) is 0 Å². The van der Waals surface area contributed by atoms with Gasteiger partial charge in [0.05, 0.1) is 17.3 Å². The number of ether oxygens (including phenoxy) is 1. The van der Waals surface area contributed by atoms with E-state index in [-0.39, 0.29) is 0 Å². The first kappa shape index (κ1) is 16.0. The van der Waals surface area contributed by atoms with Crippen molar-refractivity contribution < 1.29 is 4.74 Å². The number of hydrazine groups is 1. The quantitative estimate of drug-likeness (QED) is 0.510. The van der Waals surface area contributed by atoms with E-state index >= 15 is 0 Å². The maximum absolute atomic E-state index is 5.43. The molecule has 2 aromatic rings. The Balaban J connectivity index is 2.37. The summed E-state index contributed by atoms with van der Waals surface area (Å²) in [5.41, 5.74) is 3.37. The van der Waals surface area contributed by atoms with Crippen LogP contribution in [-0.2, 0) is 6.42 Å². The van der Waals surface area contributed by atoms with Gasteiger partial charge in [-0.25, -0.2) is 15.8 Å². The summed E-state index contributed by atoms with van der Waals surface area (Å²) >= 11 is 6.94. The molecule has 0 unspecified atom stereocenters. The summed E-state index contributed by atoms with van der Waals surface area (Å²) in [7, 11) is 1.62. The van der Waals surface area contributed by atoms with Crippen molar-refractivity contribution in [2.45, 2.75) is 13.3 Å². The average molecular weight is 417 g/mol. The number of nitrogens with two attached hydrogens (primary N) is 1. The first-order valence-corrected chi connectivity index (χ1v) is 7.80. The van der Waals surface area contributed by atoms with Crippen LogP contribution in [0.3, 0.4) is 0 Å². The first-order chi connectivity index (χ1) is 10.1. The van der Waals surface area contributed by atoms with E-state index in [1.54, 1.807) is 13.2 Å². The van der Waals surface area contributed by atoms with Crippen LogP contribution in [0.1, 0.15) is 12.7 Å². The number of nitrogens with one attached hydrogen (secondary N) is 2. The smallest absolute Gasteiger partial charge is 0.145 e. The highest BCUT2D eigenvalue weighted by Gasteiger charge is 2.09. The number of aryl methyl sites for hydroxylation is 1. The van der Waals surface area contributed by atoms with E-state index in [0.717, 1.165) is 26.8 Å². The standard InChI is InChI=1S/C13H15Br2N5O/c1-3-11-18-12(6-13(19-11)20-16)17-9-5-10(21-2)8(15)4-7(9)14/h4-6H,3,16H2,1-2H3,(H2,17,18,19,20). The highest BCUT2D eigenvalue weighted by Crippen LogP contribution is 2.35. The molecule has 8 heteroatoms. The number of benzene rings is 1. The molecule has 0 aliphatic carbocycles. The molecule has 4 N–H and O–H groups in total. The van der Waals surface area contributed by atoms with E-state index in [9.17, 15) is 0 Å². The van der Waals surface area contributed by atoms with Gasteiger partial charge in [0.25, 0.3) is 0 Å². The molecular weight excluding hydrogens is 402 g/mol. The van der Waals surface area contributed by atoms with Gasteiger partial charge in [0.15, 0.2) is 0 Å². The molecule has 6 nitrogen and oxygen atoms in total. The molecule has 0 saturated carbocycles. The Kier molecular flexibility index (Phi) is 5.38. The summed E-state index contributed by atoms with van der Waals surface area (Å²) in [4.78, 5) is 8.67. The summed E-state index contributed by atoms with van der Waals surface area (Å²) in [6.45, 7) is 1.98. The van der Waals surface area contributed by atoms with Gasteiger partial charge < -0.3 is 15.5 Å². The number of rotatable bonds is 5. The summed E-state index contributed by atoms with van der Waals surface area (Å²) in [5, 5.41) is 3.23. The molecule has 112 valence electrons. The maximum atomic E-state index is 5.43. The van der Waals surface area contributed by atoms with Crippen molar-refractivity contribution in [3.05, 3.63) is 33.0 Å². The zero-order valence-corrected chi connectivity index (χ0v) is 14.7. The van der Waals surface area contributed by atoms with E-state index in [4.69, 9.17) is 10.6 Å². The molecule has 0 aliphatic rings. The molecule has 0 atom stereocenters. The highest BCUT2D eigenvalue weighted by atomic mass is 79.9. The topological polar surface area (TPSA) is 85.1 Å². The van der Waals surface area contributed by atoms with Crippen LogP contribution in [0.2, 0.25) is 0 Å². The summed E-state index contributed by atoms with van der Waals surface area (Å²) in [6.07, 6.45) is 0.717. The monoisotopic (exact) mass is 415 g/mol. The molecule has 0 spiro atoms. The highest BCUT2D eigenvalue weighted by molar-refractivity contribution is 9.11. The second-order valence-electron chi connectivity index (χ2n) is 4.14. The minimum atomic E-state index is 0.560. The van der Waals surface area contributed by atoms with Gasteiger partial charge in [0.2, 0.25) is 0 Å². The van der Waals surface area contributed by atoms with Crippen molar-refractivity contribution in [3.8, 4) is 5.75 Å². The van der Waals surface area contributed by atoms with E-state index in [1.165, 1.54) is 0 Å². The lowest BCUT2D eigenvalue weighted by Gasteiger charge is -2.12. The molecule has 0 bridgehead atoms. The van der Waals surface area contributed by atoms with E-state index in [0.29, 0.717) is 17.5 Å². The van der Waals surface area contributed by atoms with Crippen LogP contribution >= 0.6 is 31.9 Å². The van der Waals surface area contributed by atoms with E-state index < -0.39 is 0 Å². The van der Waals surface area contributed by atoms with Gasteiger partial charge in [0, 0.05) is 23.0 Å². The molecule has 0 fully saturated rings. The van der Waals surface area contributed by atoms with Crippen LogP contribution in [-0.4, -0.2) is 17.1 Å². The number of anilines is 3. The first-order valence-electron chi connectivity index (χ1n) is 6.22. The normalized spacial score (nSPS) is 10.3. The van der Waals surface area contributed by atoms with Crippen molar-refractivity contribution in [3.63, 3.8) is 0 Å². The Morgan fingerprint density at radius 1 is 1.14 bits per heavy atom. The van der Waals surface area contributed by atoms with Crippen LogP contribution < -0.4 is 21.3 Å². The molecule has 0 radical (unpaired) electrons. The molecule has 21 heavy (non-hydrogen) atoms. The fourth-order valence-electron chi connectivity index (χ4n) is 1.71. The number of hydrogen-bond acceptors (Lipinski definition) is 6. The fourth-order valence-corrected chi connectivity index (χ4v) is 2.97. The maximum Gasteiger partial charge on any atom is 0.145 e. The van der Waals surface area contributed by atoms with Crippen molar-refractivity contribution >= 4 is 49.2 Å². The summed E-state index contributed by atoms with van der Waals surface area (Å²) in [6, 6.07) is 5.52. The molecule has 1 heterocycles. The zero-order chi connectivity index (χ0) is 15.4. The second kappa shape index (κ2) is 7.06. The van der Waals surface area contributed by atoms with Gasteiger partial charge in [-0.1, -0.05) is 6.92 Å². The van der Waals surface area contributed by atoms with Crippen molar-refractivity contribution in [2.75, 3.05) is 17.9 Å². The molecular formula is C13H15Br2N5O. The van der Waals surface area contributed by atoms with Gasteiger partial charge >= 0.3 is 0 Å². The van der Waals surface area contributed by atoms with Crippen molar-refractivity contribution in [2.24, 2.45) is 5.84 Å². The van der Waals surface area contributed by atoms with E-state index in [1.807, 2.05) is 19.1 Å². The minimum Gasteiger partial charge on any atom is -0.495 e. The van der Waals surface area contributed by atoms with Crippen molar-refractivity contribution in [1.29, 1.82) is 0 Å². The van der Waals surface area contributed by atoms with Crippen LogP contribution in [0.4, 0.5) is 17.3 Å². The predicted molar refractivity (Wildman–Crippen MR) is 90.9 cm³/mol. The molecule has 0 saturated heterocycles. The van der Waals surface area contributed by atoms with Crippen LogP contribution in [0.5, 0.6) is 5.75 Å². The molecule has 2 rings (SSSR count). The Labute approximate surface area is 139 Å². The van der Waals surface area contributed by atoms with Gasteiger partial charge in [-0.05, 0) is 37.9 Å². The number of aromatic nitrogens is 2. The molecule has 1 aromatic carbocycles. The van der Waals surface area contributed by atoms with Crippen LogP contribution in [0.25, 0.3) is 0 Å². The number of hydrogen-bond donors (Lipinski definition) is 3. The number of nitrogens with zero attached hydrogens (tertiary/aromatic N) is 2. The third kappa shape index (κ3) is 3.84. The third-order valence-electron chi connectivity index (χ3n) is 2.74. The SMILES string of the molecule is CCc1nc(NN)cc(Nc2cc(OC)c(Br)cc2Br)n1.